The van der Waals surface area contributed by atoms with Gasteiger partial charge in [-0.15, -0.1) is 11.3 Å². The highest BCUT2D eigenvalue weighted by molar-refractivity contribution is 7.11. The van der Waals surface area contributed by atoms with E-state index in [9.17, 15) is 10.1 Å². The average molecular weight is 508 g/mol. The molecule has 0 fully saturated rings. The summed E-state index contributed by atoms with van der Waals surface area (Å²) >= 11 is 7.36. The molecule has 0 aliphatic heterocycles. The van der Waals surface area contributed by atoms with Crippen LogP contribution in [-0.2, 0) is 0 Å². The summed E-state index contributed by atoms with van der Waals surface area (Å²) in [6, 6.07) is 24.3. The number of hydrogen-bond acceptors (Lipinski definition) is 7. The molecule has 0 amide bonds. The minimum atomic E-state index is -0.504. The molecule has 0 aliphatic carbocycles. The molecule has 8 heteroatoms. The molecule has 0 radical (unpaired) electrons. The van der Waals surface area contributed by atoms with Gasteiger partial charge in [-0.3, -0.25) is 0 Å². The van der Waals surface area contributed by atoms with Gasteiger partial charge in [0, 0.05) is 21.4 Å². The Hall–Kier alpha value is -4.51. The smallest absolute Gasteiger partial charge is 0.345 e. The largest absolute Gasteiger partial charge is 0.422 e. The molecule has 0 bridgehead atoms. The van der Waals surface area contributed by atoms with Gasteiger partial charge in [0.25, 0.3) is 0 Å². The number of nitrogens with zero attached hydrogens (tertiary/aromatic N) is 3. The van der Waals surface area contributed by atoms with Gasteiger partial charge in [-0.25, -0.2) is 9.78 Å². The molecule has 0 N–H and O–H groups in total. The molecule has 3 aromatic carbocycles. The van der Waals surface area contributed by atoms with Crippen LogP contribution in [0.4, 0.5) is 0 Å². The Morgan fingerprint density at radius 3 is 2.75 bits per heavy atom. The minimum Gasteiger partial charge on any atom is -0.422 e. The summed E-state index contributed by atoms with van der Waals surface area (Å²) in [5.74, 6) is 0.666. The van der Waals surface area contributed by atoms with Gasteiger partial charge in [-0.1, -0.05) is 53.2 Å². The molecule has 0 spiro atoms. The van der Waals surface area contributed by atoms with Crippen LogP contribution in [0.5, 0.6) is 0 Å². The predicted molar refractivity (Wildman–Crippen MR) is 142 cm³/mol. The third kappa shape index (κ3) is 3.99. The molecule has 172 valence electrons. The molecular weight excluding hydrogens is 494 g/mol. The topological polar surface area (TPSA) is 92.9 Å². The van der Waals surface area contributed by atoms with Crippen molar-refractivity contribution in [2.45, 2.75) is 0 Å². The second-order valence-electron chi connectivity index (χ2n) is 7.99. The molecule has 3 aromatic heterocycles. The third-order valence-electron chi connectivity index (χ3n) is 5.67. The first-order valence-corrected chi connectivity index (χ1v) is 12.1. The van der Waals surface area contributed by atoms with Crippen LogP contribution in [0.25, 0.3) is 56.1 Å². The van der Waals surface area contributed by atoms with E-state index in [1.165, 1.54) is 11.3 Å². The van der Waals surface area contributed by atoms with Crippen LogP contribution < -0.4 is 5.63 Å². The maximum absolute atomic E-state index is 12.6. The maximum Gasteiger partial charge on any atom is 0.345 e. The Morgan fingerprint density at radius 1 is 1.06 bits per heavy atom. The Morgan fingerprint density at radius 2 is 1.92 bits per heavy atom. The van der Waals surface area contributed by atoms with Crippen LogP contribution in [0.3, 0.4) is 0 Å². The highest BCUT2D eigenvalue weighted by Gasteiger charge is 2.15. The van der Waals surface area contributed by atoms with Crippen molar-refractivity contribution in [1.82, 2.24) is 10.1 Å². The molecule has 0 atom stereocenters. The lowest BCUT2D eigenvalue weighted by atomic mass is 10.0. The molecule has 36 heavy (non-hydrogen) atoms. The van der Waals surface area contributed by atoms with Crippen molar-refractivity contribution in [1.29, 1.82) is 5.26 Å². The van der Waals surface area contributed by atoms with Crippen LogP contribution in [0.2, 0.25) is 5.02 Å². The average Bonchev–Trinajstić information content (AvgIpc) is 3.55. The third-order valence-corrected chi connectivity index (χ3v) is 6.78. The van der Waals surface area contributed by atoms with Crippen molar-refractivity contribution in [2.75, 3.05) is 0 Å². The van der Waals surface area contributed by atoms with E-state index < -0.39 is 5.63 Å². The second kappa shape index (κ2) is 8.93. The van der Waals surface area contributed by atoms with Crippen molar-refractivity contribution in [2.24, 2.45) is 0 Å². The van der Waals surface area contributed by atoms with Gasteiger partial charge in [-0.2, -0.15) is 5.26 Å². The number of thiazole rings is 1. The van der Waals surface area contributed by atoms with E-state index in [2.05, 4.69) is 16.2 Å². The van der Waals surface area contributed by atoms with Gasteiger partial charge in [0.2, 0.25) is 0 Å². The van der Waals surface area contributed by atoms with E-state index in [0.717, 1.165) is 22.0 Å². The number of aromatic nitrogens is 2. The molecule has 6 aromatic rings. The lowest BCUT2D eigenvalue weighted by molar-refractivity contribution is 0.441. The number of allylic oxidation sites excluding steroid dienone is 1. The summed E-state index contributed by atoms with van der Waals surface area (Å²) in [7, 11) is 0. The Bertz CT molecular complexity index is 1900. The molecule has 0 saturated heterocycles. The highest BCUT2D eigenvalue weighted by atomic mass is 35.5. The molecule has 6 nitrogen and oxygen atoms in total. The van der Waals surface area contributed by atoms with Crippen LogP contribution in [-0.4, -0.2) is 10.1 Å². The Kier molecular flexibility index (Phi) is 5.45. The summed E-state index contributed by atoms with van der Waals surface area (Å²) in [6.07, 6.45) is 1.76. The van der Waals surface area contributed by atoms with E-state index in [0.29, 0.717) is 43.6 Å². The Labute approximate surface area is 213 Å². The number of fused-ring (bicyclic) bond motifs is 2. The molecule has 6 rings (SSSR count). The zero-order chi connectivity index (χ0) is 24.6. The predicted octanol–water partition coefficient (Wildman–Crippen LogP) is 7.44. The van der Waals surface area contributed by atoms with Gasteiger partial charge >= 0.3 is 5.63 Å². The quantitative estimate of drug-likeness (QED) is 0.182. The fraction of sp³-hybridized carbons (Fsp3) is 0. The summed E-state index contributed by atoms with van der Waals surface area (Å²) in [5.41, 5.74) is 3.50. The first-order chi connectivity index (χ1) is 17.6. The summed E-state index contributed by atoms with van der Waals surface area (Å²) in [6.45, 7) is 0. The number of halogens is 1. The summed E-state index contributed by atoms with van der Waals surface area (Å²) in [5, 5.41) is 18.3. The van der Waals surface area contributed by atoms with Crippen LogP contribution >= 0.6 is 22.9 Å². The lowest BCUT2D eigenvalue weighted by Gasteiger charge is -2.00. The summed E-state index contributed by atoms with van der Waals surface area (Å²) < 4.78 is 11.0. The van der Waals surface area contributed by atoms with E-state index in [4.69, 9.17) is 20.5 Å². The van der Waals surface area contributed by atoms with Crippen molar-refractivity contribution < 1.29 is 8.94 Å². The monoisotopic (exact) mass is 507 g/mol. The first kappa shape index (κ1) is 22.0. The van der Waals surface area contributed by atoms with E-state index >= 15 is 0 Å². The number of benzene rings is 3. The van der Waals surface area contributed by atoms with Gasteiger partial charge in [0.1, 0.15) is 22.2 Å². The lowest BCUT2D eigenvalue weighted by Crippen LogP contribution is -2.02. The number of nitriles is 1. The standard InChI is InChI=1S/C28H14ClN3O3S/c29-20-7-9-25-18(12-20)13-22(28(33)34-25)24-15-36-27(31-24)19(14-30)10-16-6-8-23-21(11-16)26(35-32-23)17-4-2-1-3-5-17/h1-13,15H. The van der Waals surface area contributed by atoms with Crippen molar-refractivity contribution >= 4 is 56.5 Å². The van der Waals surface area contributed by atoms with Crippen molar-refractivity contribution in [3.8, 4) is 28.7 Å². The zero-order valence-corrected chi connectivity index (χ0v) is 20.0. The van der Waals surface area contributed by atoms with Crippen LogP contribution in [0.1, 0.15) is 10.6 Å². The van der Waals surface area contributed by atoms with Gasteiger partial charge < -0.3 is 8.94 Å². The zero-order valence-electron chi connectivity index (χ0n) is 18.4. The van der Waals surface area contributed by atoms with Crippen molar-refractivity contribution in [3.63, 3.8) is 0 Å². The van der Waals surface area contributed by atoms with Crippen LogP contribution in [0, 0.1) is 11.3 Å². The van der Waals surface area contributed by atoms with Gasteiger partial charge in [-0.05, 0) is 48.0 Å². The van der Waals surface area contributed by atoms with Gasteiger partial charge in [0.05, 0.1) is 22.2 Å². The molecular formula is C28H14ClN3O3S. The SMILES string of the molecule is N#CC(=Cc1ccc2noc(-c3ccccc3)c2c1)c1nc(-c2cc3cc(Cl)ccc3oc2=O)cs1. The Balaban J connectivity index is 1.38. The molecule has 0 aliphatic rings. The first-order valence-electron chi connectivity index (χ1n) is 10.9. The highest BCUT2D eigenvalue weighted by Crippen LogP contribution is 2.32. The van der Waals surface area contributed by atoms with Crippen LogP contribution in [0.15, 0.2) is 91.9 Å². The van der Waals surface area contributed by atoms with Crippen molar-refractivity contribution in [3.05, 3.63) is 104 Å². The van der Waals surface area contributed by atoms with E-state index in [1.807, 2.05) is 48.5 Å². The molecule has 3 heterocycles. The normalized spacial score (nSPS) is 11.7. The van der Waals surface area contributed by atoms with E-state index in [1.54, 1.807) is 35.7 Å². The number of hydrogen-bond donors (Lipinski definition) is 0. The molecule has 0 unspecified atom stereocenters. The van der Waals surface area contributed by atoms with Gasteiger partial charge in [0.15, 0.2) is 5.76 Å². The number of rotatable bonds is 4. The second-order valence-corrected chi connectivity index (χ2v) is 9.29. The fourth-order valence-corrected chi connectivity index (χ4v) is 4.92. The summed E-state index contributed by atoms with van der Waals surface area (Å²) in [4.78, 5) is 17.1. The minimum absolute atomic E-state index is 0.308. The maximum atomic E-state index is 12.6. The van der Waals surface area contributed by atoms with E-state index in [-0.39, 0.29) is 0 Å². The molecule has 0 saturated carbocycles. The fourth-order valence-electron chi connectivity index (χ4n) is 3.95.